The third-order valence-corrected chi connectivity index (χ3v) is 3.31. The molecular weight excluding hydrogens is 250 g/mol. The lowest BCUT2D eigenvalue weighted by Crippen LogP contribution is -2.24. The molecule has 0 aromatic heterocycles. The van der Waals surface area contributed by atoms with Gasteiger partial charge in [-0.3, -0.25) is 4.79 Å². The van der Waals surface area contributed by atoms with Crippen LogP contribution in [0.25, 0.3) is 0 Å². The number of rotatable bonds is 4. The Morgan fingerprint density at radius 1 is 1.31 bits per heavy atom. The molecule has 0 saturated carbocycles. The number of amides is 1. The zero-order valence-corrected chi connectivity index (χ0v) is 10.3. The summed E-state index contributed by atoms with van der Waals surface area (Å²) in [4.78, 5) is 11.3. The summed E-state index contributed by atoms with van der Waals surface area (Å²) in [5.74, 6) is -0.0935. The highest BCUT2D eigenvalue weighted by atomic mass is 35.7. The van der Waals surface area contributed by atoms with E-state index in [9.17, 15) is 13.2 Å². The fourth-order valence-corrected chi connectivity index (χ4v) is 1.98. The Morgan fingerprint density at radius 2 is 1.88 bits per heavy atom. The van der Waals surface area contributed by atoms with Crippen LogP contribution in [-0.2, 0) is 20.3 Å². The van der Waals surface area contributed by atoms with Gasteiger partial charge >= 0.3 is 0 Å². The summed E-state index contributed by atoms with van der Waals surface area (Å²) in [6.45, 7) is 2.41. The lowest BCUT2D eigenvalue weighted by molar-refractivity contribution is -0.120. The molecule has 88 valence electrons. The largest absolute Gasteiger partial charge is 0.356 e. The Labute approximate surface area is 99.0 Å². The van der Waals surface area contributed by atoms with Gasteiger partial charge in [-0.2, -0.15) is 0 Å². The van der Waals surface area contributed by atoms with Gasteiger partial charge in [-0.1, -0.05) is 12.1 Å². The van der Waals surface area contributed by atoms with Gasteiger partial charge in [-0.25, -0.2) is 8.42 Å². The lowest BCUT2D eigenvalue weighted by atomic mass is 10.1. The van der Waals surface area contributed by atoms with Crippen LogP contribution in [0.4, 0.5) is 0 Å². The van der Waals surface area contributed by atoms with Crippen LogP contribution in [0.3, 0.4) is 0 Å². The van der Waals surface area contributed by atoms with Crippen molar-refractivity contribution < 1.29 is 13.2 Å². The van der Waals surface area contributed by atoms with E-state index in [1.165, 1.54) is 12.1 Å². The van der Waals surface area contributed by atoms with Gasteiger partial charge in [0.1, 0.15) is 0 Å². The Balaban J connectivity index is 2.76. The zero-order valence-electron chi connectivity index (χ0n) is 8.73. The van der Waals surface area contributed by atoms with Crippen LogP contribution in [0.15, 0.2) is 29.2 Å². The summed E-state index contributed by atoms with van der Waals surface area (Å²) < 4.78 is 21.9. The van der Waals surface area contributed by atoms with E-state index in [1.807, 2.05) is 6.92 Å². The predicted octanol–water partition coefficient (Wildman–Crippen LogP) is 1.29. The molecule has 0 aliphatic rings. The van der Waals surface area contributed by atoms with Crippen molar-refractivity contribution in [2.45, 2.75) is 18.2 Å². The van der Waals surface area contributed by atoms with Crippen LogP contribution in [0.2, 0.25) is 0 Å². The van der Waals surface area contributed by atoms with Crippen molar-refractivity contribution in [1.29, 1.82) is 0 Å². The second-order valence-electron chi connectivity index (χ2n) is 3.21. The molecular formula is C10H12ClNO3S. The quantitative estimate of drug-likeness (QED) is 0.831. The van der Waals surface area contributed by atoms with Gasteiger partial charge in [0.05, 0.1) is 11.3 Å². The summed E-state index contributed by atoms with van der Waals surface area (Å²) in [5, 5.41) is 2.66. The first-order valence-electron chi connectivity index (χ1n) is 4.74. The monoisotopic (exact) mass is 261 g/mol. The highest BCUT2D eigenvalue weighted by Gasteiger charge is 2.09. The molecule has 0 spiro atoms. The highest BCUT2D eigenvalue weighted by Crippen LogP contribution is 2.15. The molecule has 0 heterocycles. The average molecular weight is 262 g/mol. The maximum absolute atomic E-state index is 11.2. The molecule has 0 aliphatic heterocycles. The molecule has 0 bridgehead atoms. The first-order valence-corrected chi connectivity index (χ1v) is 7.04. The normalized spacial score (nSPS) is 11.1. The second kappa shape index (κ2) is 5.32. The summed E-state index contributed by atoms with van der Waals surface area (Å²) >= 11 is 0. The molecule has 6 heteroatoms. The van der Waals surface area contributed by atoms with Crippen molar-refractivity contribution >= 4 is 25.6 Å². The van der Waals surface area contributed by atoms with Crippen LogP contribution < -0.4 is 5.32 Å². The molecule has 0 saturated heterocycles. The zero-order chi connectivity index (χ0) is 12.2. The molecule has 0 atom stereocenters. The van der Waals surface area contributed by atoms with Crippen LogP contribution in [0.5, 0.6) is 0 Å². The maximum atomic E-state index is 11.2. The highest BCUT2D eigenvalue weighted by molar-refractivity contribution is 8.13. The van der Waals surface area contributed by atoms with Crippen molar-refractivity contribution in [2.75, 3.05) is 6.54 Å². The molecule has 0 aliphatic carbocycles. The van der Waals surface area contributed by atoms with Crippen LogP contribution in [-0.4, -0.2) is 20.9 Å². The first kappa shape index (κ1) is 13.0. The van der Waals surface area contributed by atoms with Gasteiger partial charge in [0.15, 0.2) is 0 Å². The van der Waals surface area contributed by atoms with Crippen LogP contribution in [0, 0.1) is 0 Å². The Bertz CT molecular complexity index is 467. The van der Waals surface area contributed by atoms with Gasteiger partial charge in [0.2, 0.25) is 5.91 Å². The third kappa shape index (κ3) is 3.83. The predicted molar refractivity (Wildman–Crippen MR) is 61.9 cm³/mol. The Hall–Kier alpha value is -1.07. The summed E-state index contributed by atoms with van der Waals surface area (Å²) in [6, 6.07) is 5.92. The number of nitrogens with one attached hydrogen (secondary N) is 1. The second-order valence-corrected chi connectivity index (χ2v) is 5.78. The number of likely N-dealkylation sites (N-methyl/N-ethyl adjacent to an activating group) is 1. The van der Waals surface area contributed by atoms with Crippen molar-refractivity contribution in [3.05, 3.63) is 29.8 Å². The van der Waals surface area contributed by atoms with Gasteiger partial charge in [0.25, 0.3) is 9.05 Å². The van der Waals surface area contributed by atoms with Crippen molar-refractivity contribution in [3.8, 4) is 0 Å². The molecule has 1 aromatic rings. The van der Waals surface area contributed by atoms with Gasteiger partial charge in [0, 0.05) is 17.2 Å². The number of halogens is 1. The van der Waals surface area contributed by atoms with Crippen molar-refractivity contribution in [3.63, 3.8) is 0 Å². The summed E-state index contributed by atoms with van der Waals surface area (Å²) in [6.07, 6.45) is 0.233. The third-order valence-electron chi connectivity index (χ3n) is 1.94. The summed E-state index contributed by atoms with van der Waals surface area (Å²) in [5.41, 5.74) is 0.745. The smallest absolute Gasteiger partial charge is 0.261 e. The molecule has 4 nitrogen and oxygen atoms in total. The Morgan fingerprint density at radius 3 is 2.31 bits per heavy atom. The van der Waals surface area contributed by atoms with E-state index >= 15 is 0 Å². The molecule has 1 N–H and O–H groups in total. The fraction of sp³-hybridized carbons (Fsp3) is 0.300. The first-order chi connectivity index (χ1) is 7.43. The van der Waals surface area contributed by atoms with E-state index in [1.54, 1.807) is 12.1 Å². The molecule has 0 unspecified atom stereocenters. The molecule has 1 amide bonds. The Kier molecular flexibility index (Phi) is 4.32. The lowest BCUT2D eigenvalue weighted by Gasteiger charge is -2.02. The minimum Gasteiger partial charge on any atom is -0.356 e. The van der Waals surface area contributed by atoms with Gasteiger partial charge in [-0.05, 0) is 24.6 Å². The van der Waals surface area contributed by atoms with E-state index in [-0.39, 0.29) is 17.2 Å². The van der Waals surface area contributed by atoms with E-state index in [4.69, 9.17) is 10.7 Å². The van der Waals surface area contributed by atoms with Crippen molar-refractivity contribution in [2.24, 2.45) is 0 Å². The van der Waals surface area contributed by atoms with E-state index in [0.717, 1.165) is 5.56 Å². The maximum Gasteiger partial charge on any atom is 0.261 e. The van der Waals surface area contributed by atoms with E-state index < -0.39 is 9.05 Å². The minimum atomic E-state index is -3.69. The van der Waals surface area contributed by atoms with Gasteiger partial charge in [-0.15, -0.1) is 0 Å². The standard InChI is InChI=1S/C10H12ClNO3S/c1-2-12-10(13)7-8-3-5-9(6-4-8)16(11,14)15/h3-6H,2,7H2,1H3,(H,12,13). The van der Waals surface area contributed by atoms with E-state index in [2.05, 4.69) is 5.32 Å². The average Bonchev–Trinajstić information content (AvgIpc) is 2.17. The molecule has 16 heavy (non-hydrogen) atoms. The molecule has 0 radical (unpaired) electrons. The number of benzene rings is 1. The number of carbonyl (C=O) groups excluding carboxylic acids is 1. The van der Waals surface area contributed by atoms with E-state index in [0.29, 0.717) is 6.54 Å². The molecule has 0 fully saturated rings. The summed E-state index contributed by atoms with van der Waals surface area (Å²) in [7, 11) is 1.47. The number of carbonyl (C=O) groups is 1. The SMILES string of the molecule is CCNC(=O)Cc1ccc(S(=O)(=O)Cl)cc1. The van der Waals surface area contributed by atoms with Crippen LogP contribution in [0.1, 0.15) is 12.5 Å². The fourth-order valence-electron chi connectivity index (χ4n) is 1.21. The number of hydrogen-bond acceptors (Lipinski definition) is 3. The van der Waals surface area contributed by atoms with Gasteiger partial charge < -0.3 is 5.32 Å². The minimum absolute atomic E-state index is 0.0359. The molecule has 1 rings (SSSR count). The number of hydrogen-bond donors (Lipinski definition) is 1. The topological polar surface area (TPSA) is 63.2 Å². The molecule has 1 aromatic carbocycles. The van der Waals surface area contributed by atoms with Crippen LogP contribution >= 0.6 is 10.7 Å². The van der Waals surface area contributed by atoms with Crippen molar-refractivity contribution in [1.82, 2.24) is 5.32 Å².